The number of halogens is 3. The van der Waals surface area contributed by atoms with Gasteiger partial charge < -0.3 is 14.8 Å². The van der Waals surface area contributed by atoms with Gasteiger partial charge in [-0.1, -0.05) is 12.1 Å². The van der Waals surface area contributed by atoms with E-state index >= 15 is 0 Å². The van der Waals surface area contributed by atoms with Gasteiger partial charge in [-0.2, -0.15) is 13.2 Å². The molecule has 4 nitrogen and oxygen atoms in total. The van der Waals surface area contributed by atoms with E-state index in [0.717, 1.165) is 29.8 Å². The molecule has 7 heteroatoms. The Balaban J connectivity index is 2.02. The summed E-state index contributed by atoms with van der Waals surface area (Å²) in [5.41, 5.74) is 0.165. The zero-order valence-electron chi connectivity index (χ0n) is 13.8. The molecule has 1 unspecified atom stereocenters. The highest BCUT2D eigenvalue weighted by molar-refractivity contribution is 5.94. The van der Waals surface area contributed by atoms with E-state index in [4.69, 9.17) is 9.47 Å². The number of ether oxygens (including phenoxy) is 2. The van der Waals surface area contributed by atoms with E-state index in [0.29, 0.717) is 5.75 Å². The van der Waals surface area contributed by atoms with Gasteiger partial charge in [0.15, 0.2) is 0 Å². The van der Waals surface area contributed by atoms with E-state index in [1.807, 2.05) is 6.07 Å². The van der Waals surface area contributed by atoms with Gasteiger partial charge in [0.2, 0.25) is 0 Å². The summed E-state index contributed by atoms with van der Waals surface area (Å²) in [6.45, 7) is 0.170. The summed E-state index contributed by atoms with van der Waals surface area (Å²) in [4.78, 5) is 12.1. The molecule has 1 N–H and O–H groups in total. The molecular weight excluding hydrogens is 335 g/mol. The molecule has 0 fully saturated rings. The Hall–Kier alpha value is -2.54. The highest BCUT2D eigenvalue weighted by atomic mass is 19.4. The Kier molecular flexibility index (Phi) is 6.03. The largest absolute Gasteiger partial charge is 0.497 e. The summed E-state index contributed by atoms with van der Waals surface area (Å²) in [6, 6.07) is 11.3. The number of carbonyl (C=O) groups is 1. The number of alkyl halides is 3. The van der Waals surface area contributed by atoms with Crippen LogP contribution >= 0.6 is 0 Å². The first-order valence-electron chi connectivity index (χ1n) is 7.47. The SMILES string of the molecule is COc1cccc(C(CNC(=O)c2ccc(C(F)(F)F)cc2)OC)c1. The van der Waals surface area contributed by atoms with Crippen LogP contribution in [0.1, 0.15) is 27.6 Å². The molecule has 0 heterocycles. The molecule has 0 spiro atoms. The van der Waals surface area contributed by atoms with Gasteiger partial charge in [-0.05, 0) is 42.0 Å². The minimum Gasteiger partial charge on any atom is -0.497 e. The number of benzene rings is 2. The smallest absolute Gasteiger partial charge is 0.416 e. The van der Waals surface area contributed by atoms with Crippen LogP contribution in [-0.2, 0) is 10.9 Å². The van der Waals surface area contributed by atoms with Gasteiger partial charge in [-0.25, -0.2) is 0 Å². The molecule has 1 atom stereocenters. The van der Waals surface area contributed by atoms with Crippen molar-refractivity contribution < 1.29 is 27.4 Å². The third-order valence-electron chi connectivity index (χ3n) is 3.67. The van der Waals surface area contributed by atoms with Crippen LogP contribution in [0.3, 0.4) is 0 Å². The molecule has 0 saturated heterocycles. The number of rotatable bonds is 6. The molecule has 0 aliphatic carbocycles. The second-order valence-corrected chi connectivity index (χ2v) is 5.29. The number of hydrogen-bond donors (Lipinski definition) is 1. The van der Waals surface area contributed by atoms with E-state index in [1.165, 1.54) is 7.11 Å². The number of methoxy groups -OCH3 is 2. The van der Waals surface area contributed by atoms with Crippen molar-refractivity contribution in [1.29, 1.82) is 0 Å². The second-order valence-electron chi connectivity index (χ2n) is 5.29. The Morgan fingerprint density at radius 1 is 1.12 bits per heavy atom. The first kappa shape index (κ1) is 18.8. The zero-order valence-corrected chi connectivity index (χ0v) is 13.8. The summed E-state index contributed by atoms with van der Waals surface area (Å²) in [5.74, 6) is 0.187. The predicted molar refractivity (Wildman–Crippen MR) is 86.5 cm³/mol. The predicted octanol–water partition coefficient (Wildman–Crippen LogP) is 3.83. The molecule has 0 bridgehead atoms. The molecule has 0 saturated carbocycles. The number of nitrogens with one attached hydrogen (secondary N) is 1. The third-order valence-corrected chi connectivity index (χ3v) is 3.67. The molecule has 0 aliphatic heterocycles. The van der Waals surface area contributed by atoms with Crippen molar-refractivity contribution in [2.45, 2.75) is 12.3 Å². The lowest BCUT2D eigenvalue weighted by atomic mass is 10.1. The van der Waals surface area contributed by atoms with Crippen LogP contribution in [0, 0.1) is 0 Å². The van der Waals surface area contributed by atoms with E-state index in [-0.39, 0.29) is 12.1 Å². The van der Waals surface area contributed by atoms with Crippen molar-refractivity contribution in [2.75, 3.05) is 20.8 Å². The molecule has 0 aromatic heterocycles. The fourth-order valence-corrected chi connectivity index (χ4v) is 2.28. The molecule has 1 amide bonds. The normalized spacial score (nSPS) is 12.5. The van der Waals surface area contributed by atoms with E-state index < -0.39 is 23.8 Å². The van der Waals surface area contributed by atoms with Crippen LogP contribution in [0.5, 0.6) is 5.75 Å². The molecule has 2 aromatic carbocycles. The third kappa shape index (κ3) is 4.96. The maximum atomic E-state index is 12.5. The van der Waals surface area contributed by atoms with Gasteiger partial charge in [0.1, 0.15) is 5.75 Å². The minimum atomic E-state index is -4.43. The number of carbonyl (C=O) groups excluding carboxylic acids is 1. The Morgan fingerprint density at radius 2 is 1.80 bits per heavy atom. The summed E-state index contributed by atoms with van der Waals surface area (Å²) < 4.78 is 48.1. The monoisotopic (exact) mass is 353 g/mol. The van der Waals surface area contributed by atoms with Crippen molar-refractivity contribution in [3.8, 4) is 5.75 Å². The lowest BCUT2D eigenvalue weighted by molar-refractivity contribution is -0.137. The van der Waals surface area contributed by atoms with Crippen molar-refractivity contribution in [1.82, 2.24) is 5.32 Å². The van der Waals surface area contributed by atoms with E-state index in [1.54, 1.807) is 25.3 Å². The van der Waals surface area contributed by atoms with Gasteiger partial charge in [-0.3, -0.25) is 4.79 Å². The van der Waals surface area contributed by atoms with Crippen molar-refractivity contribution >= 4 is 5.91 Å². The maximum absolute atomic E-state index is 12.5. The highest BCUT2D eigenvalue weighted by Gasteiger charge is 2.30. The van der Waals surface area contributed by atoms with Crippen molar-refractivity contribution in [3.63, 3.8) is 0 Å². The van der Waals surface area contributed by atoms with Gasteiger partial charge >= 0.3 is 6.18 Å². The fourth-order valence-electron chi connectivity index (χ4n) is 2.28. The van der Waals surface area contributed by atoms with Crippen molar-refractivity contribution in [3.05, 3.63) is 65.2 Å². The van der Waals surface area contributed by atoms with Gasteiger partial charge in [0, 0.05) is 19.2 Å². The summed E-state index contributed by atoms with van der Waals surface area (Å²) in [7, 11) is 3.06. The molecule has 25 heavy (non-hydrogen) atoms. The van der Waals surface area contributed by atoms with Crippen LogP contribution in [0.25, 0.3) is 0 Å². The van der Waals surface area contributed by atoms with Crippen LogP contribution in [-0.4, -0.2) is 26.7 Å². The highest BCUT2D eigenvalue weighted by Crippen LogP contribution is 2.29. The zero-order chi connectivity index (χ0) is 18.4. The number of amides is 1. The van der Waals surface area contributed by atoms with Crippen LogP contribution in [0.2, 0.25) is 0 Å². The lowest BCUT2D eigenvalue weighted by Crippen LogP contribution is -2.29. The average molecular weight is 353 g/mol. The first-order valence-corrected chi connectivity index (χ1v) is 7.47. The molecule has 0 aliphatic rings. The Labute approximate surface area is 143 Å². The molecule has 2 aromatic rings. The Bertz CT molecular complexity index is 714. The topological polar surface area (TPSA) is 47.6 Å². The first-order chi connectivity index (χ1) is 11.8. The van der Waals surface area contributed by atoms with E-state index in [2.05, 4.69) is 5.32 Å². The fraction of sp³-hybridized carbons (Fsp3) is 0.278. The van der Waals surface area contributed by atoms with Crippen molar-refractivity contribution in [2.24, 2.45) is 0 Å². The lowest BCUT2D eigenvalue weighted by Gasteiger charge is -2.17. The second kappa shape index (κ2) is 8.02. The average Bonchev–Trinajstić information content (AvgIpc) is 2.61. The summed E-state index contributed by atoms with van der Waals surface area (Å²) >= 11 is 0. The summed E-state index contributed by atoms with van der Waals surface area (Å²) in [6.07, 6.45) is -4.84. The Morgan fingerprint density at radius 3 is 2.36 bits per heavy atom. The molecular formula is C18H18F3NO3. The summed E-state index contributed by atoms with van der Waals surface area (Å²) in [5, 5.41) is 2.66. The maximum Gasteiger partial charge on any atom is 0.416 e. The van der Waals surface area contributed by atoms with Crippen LogP contribution in [0.4, 0.5) is 13.2 Å². The quantitative estimate of drug-likeness (QED) is 0.859. The molecule has 0 radical (unpaired) electrons. The molecule has 134 valence electrons. The van der Waals surface area contributed by atoms with Gasteiger partial charge in [0.05, 0.1) is 18.8 Å². The van der Waals surface area contributed by atoms with Crippen LogP contribution < -0.4 is 10.1 Å². The number of hydrogen-bond acceptors (Lipinski definition) is 3. The van der Waals surface area contributed by atoms with E-state index in [9.17, 15) is 18.0 Å². The van der Waals surface area contributed by atoms with Gasteiger partial charge in [-0.15, -0.1) is 0 Å². The van der Waals surface area contributed by atoms with Crippen LogP contribution in [0.15, 0.2) is 48.5 Å². The van der Waals surface area contributed by atoms with Gasteiger partial charge in [0.25, 0.3) is 5.91 Å². The standard InChI is InChI=1S/C18H18F3NO3/c1-24-15-5-3-4-13(10-15)16(25-2)11-22-17(23)12-6-8-14(9-7-12)18(19,20)21/h3-10,16H,11H2,1-2H3,(H,22,23). The molecule has 2 rings (SSSR count). The minimum absolute atomic E-state index is 0.147.